The lowest BCUT2D eigenvalue weighted by molar-refractivity contribution is 0.584. The molecule has 0 aliphatic heterocycles. The number of nitrogens with zero attached hydrogens (tertiary/aromatic N) is 2. The molecule has 1 aromatic heterocycles. The molecule has 10 heavy (non-hydrogen) atoms. The Labute approximate surface area is 62.3 Å². The minimum Gasteiger partial charge on any atom is -0.213 e. The van der Waals surface area contributed by atoms with Gasteiger partial charge in [0.2, 0.25) is 5.03 Å². The monoisotopic (exact) mass is 179 g/mol. The molecule has 0 aliphatic carbocycles. The van der Waals surface area contributed by atoms with Gasteiger partial charge in [0, 0.05) is 0 Å². The van der Waals surface area contributed by atoms with Gasteiger partial charge < -0.3 is 0 Å². The highest BCUT2D eigenvalue weighted by atomic mass is 32.2. The molecule has 0 unspecified atom stereocenters. The molecule has 0 radical (unpaired) electrons. The van der Waals surface area contributed by atoms with E-state index in [1.165, 1.54) is 12.4 Å². The Kier molecular flexibility index (Phi) is 1.97. The van der Waals surface area contributed by atoms with Crippen molar-refractivity contribution >= 4 is 21.6 Å². The first-order valence-corrected chi connectivity index (χ1v) is 4.69. The first-order valence-electron chi connectivity index (χ1n) is 2.37. The van der Waals surface area contributed by atoms with Crippen LogP contribution in [0.15, 0.2) is 10.4 Å². The summed E-state index contributed by atoms with van der Waals surface area (Å²) in [5.41, 5.74) is 0. The molecule has 0 aliphatic rings. The van der Waals surface area contributed by atoms with Crippen molar-refractivity contribution in [1.82, 2.24) is 14.3 Å². The molecule has 0 saturated carbocycles. The molecule has 0 atom stereocenters. The summed E-state index contributed by atoms with van der Waals surface area (Å²) in [5, 5.41) is 4.72. The average molecular weight is 179 g/mol. The second-order valence-corrected chi connectivity index (χ2v) is 3.89. The van der Waals surface area contributed by atoms with E-state index in [0.717, 1.165) is 11.5 Å². The minimum absolute atomic E-state index is 0.0278. The Hall–Kier alpha value is -0.530. The molecule has 1 aromatic rings. The van der Waals surface area contributed by atoms with Crippen molar-refractivity contribution in [3.8, 4) is 0 Å². The van der Waals surface area contributed by atoms with Crippen molar-refractivity contribution in [1.29, 1.82) is 0 Å². The van der Waals surface area contributed by atoms with E-state index in [2.05, 4.69) is 14.3 Å². The number of nitrogens with one attached hydrogen (secondary N) is 1. The van der Waals surface area contributed by atoms with Crippen LogP contribution in [0.3, 0.4) is 0 Å². The van der Waals surface area contributed by atoms with Crippen molar-refractivity contribution in [3.05, 3.63) is 5.38 Å². The van der Waals surface area contributed by atoms with Gasteiger partial charge in [0.05, 0.1) is 5.38 Å². The van der Waals surface area contributed by atoms with Gasteiger partial charge >= 0.3 is 0 Å². The second kappa shape index (κ2) is 2.60. The fraction of sp³-hybridized carbons (Fsp3) is 0.333. The fourth-order valence-electron chi connectivity index (χ4n) is 0.378. The molecule has 0 fully saturated rings. The minimum atomic E-state index is -3.37. The van der Waals surface area contributed by atoms with Crippen LogP contribution in [0.25, 0.3) is 0 Å². The van der Waals surface area contributed by atoms with Gasteiger partial charge in [0.1, 0.15) is 0 Å². The average Bonchev–Trinajstić information content (AvgIpc) is 2.38. The summed E-state index contributed by atoms with van der Waals surface area (Å²) in [7, 11) is -2.04. The maximum Gasteiger partial charge on any atom is 0.260 e. The van der Waals surface area contributed by atoms with E-state index >= 15 is 0 Å². The van der Waals surface area contributed by atoms with Gasteiger partial charge in [-0.25, -0.2) is 13.1 Å². The summed E-state index contributed by atoms with van der Waals surface area (Å²) in [4.78, 5) is 0. The first-order chi connectivity index (χ1) is 4.67. The van der Waals surface area contributed by atoms with Gasteiger partial charge in [-0.3, -0.25) is 0 Å². The van der Waals surface area contributed by atoms with Crippen molar-refractivity contribution in [2.75, 3.05) is 7.05 Å². The third-order valence-corrected chi connectivity index (χ3v) is 2.83. The topological polar surface area (TPSA) is 72.0 Å². The third-order valence-electron chi connectivity index (χ3n) is 0.884. The van der Waals surface area contributed by atoms with Crippen LogP contribution in [0.4, 0.5) is 0 Å². The molecule has 0 spiro atoms. The van der Waals surface area contributed by atoms with Crippen molar-refractivity contribution < 1.29 is 8.42 Å². The van der Waals surface area contributed by atoms with Crippen LogP contribution in [-0.2, 0) is 10.0 Å². The molecule has 5 nitrogen and oxygen atoms in total. The maximum atomic E-state index is 10.9. The molecule has 1 rings (SSSR count). The molecule has 0 amide bonds. The molecular weight excluding hydrogens is 174 g/mol. The van der Waals surface area contributed by atoms with E-state index in [-0.39, 0.29) is 5.03 Å². The molecule has 0 aromatic carbocycles. The predicted molar refractivity (Wildman–Crippen MR) is 36.2 cm³/mol. The highest BCUT2D eigenvalue weighted by Crippen LogP contribution is 2.03. The zero-order valence-corrected chi connectivity index (χ0v) is 6.74. The van der Waals surface area contributed by atoms with Gasteiger partial charge in [0.15, 0.2) is 0 Å². The van der Waals surface area contributed by atoms with E-state index in [4.69, 9.17) is 0 Å². The molecular formula is C3H5N3O2S2. The van der Waals surface area contributed by atoms with Crippen molar-refractivity contribution in [3.63, 3.8) is 0 Å². The van der Waals surface area contributed by atoms with Crippen LogP contribution in [0.5, 0.6) is 0 Å². The van der Waals surface area contributed by atoms with Gasteiger partial charge in [-0.1, -0.05) is 4.49 Å². The Bertz CT molecular complexity index is 290. The van der Waals surface area contributed by atoms with Gasteiger partial charge in [0.25, 0.3) is 10.0 Å². The predicted octanol–water partition coefficient (Wildman–Crippen LogP) is -0.554. The Morgan fingerprint density at radius 2 is 2.40 bits per heavy atom. The molecule has 1 heterocycles. The summed E-state index contributed by atoms with van der Waals surface area (Å²) in [6, 6.07) is 0. The zero-order chi connectivity index (χ0) is 7.61. The third kappa shape index (κ3) is 1.31. The SMILES string of the molecule is CNS(=O)(=O)c1csnn1. The fourth-order valence-corrected chi connectivity index (χ4v) is 1.74. The summed E-state index contributed by atoms with van der Waals surface area (Å²) in [5.74, 6) is 0. The molecule has 56 valence electrons. The van der Waals surface area contributed by atoms with Gasteiger partial charge in [-0.2, -0.15) is 0 Å². The van der Waals surface area contributed by atoms with Crippen LogP contribution in [0, 0.1) is 0 Å². The number of hydrogen-bond acceptors (Lipinski definition) is 5. The summed E-state index contributed by atoms with van der Waals surface area (Å²) >= 11 is 1.00. The highest BCUT2D eigenvalue weighted by Gasteiger charge is 2.13. The van der Waals surface area contributed by atoms with Crippen LogP contribution in [-0.4, -0.2) is 25.1 Å². The Balaban J connectivity index is 3.09. The van der Waals surface area contributed by atoms with Gasteiger partial charge in [-0.15, -0.1) is 5.10 Å². The van der Waals surface area contributed by atoms with Crippen LogP contribution in [0.1, 0.15) is 0 Å². The summed E-state index contributed by atoms with van der Waals surface area (Å²) in [6.45, 7) is 0. The highest BCUT2D eigenvalue weighted by molar-refractivity contribution is 7.89. The second-order valence-electron chi connectivity index (χ2n) is 1.45. The number of hydrogen-bond donors (Lipinski definition) is 1. The Morgan fingerprint density at radius 1 is 1.70 bits per heavy atom. The number of sulfonamides is 1. The quantitative estimate of drug-likeness (QED) is 0.661. The largest absolute Gasteiger partial charge is 0.260 e. The number of rotatable bonds is 2. The van der Waals surface area contributed by atoms with Crippen LogP contribution in [0.2, 0.25) is 0 Å². The number of aromatic nitrogens is 2. The molecule has 7 heteroatoms. The van der Waals surface area contributed by atoms with Crippen molar-refractivity contribution in [2.45, 2.75) is 5.03 Å². The summed E-state index contributed by atoms with van der Waals surface area (Å²) < 4.78 is 27.2. The van der Waals surface area contributed by atoms with E-state index in [1.807, 2.05) is 0 Å². The van der Waals surface area contributed by atoms with Crippen LogP contribution >= 0.6 is 11.5 Å². The standard InChI is InChI=1S/C3H5N3O2S2/c1-4-10(7,8)3-2-9-6-5-3/h2,4H,1H3. The lowest BCUT2D eigenvalue weighted by atomic mass is 11.0. The van der Waals surface area contributed by atoms with E-state index in [1.54, 1.807) is 0 Å². The zero-order valence-electron chi connectivity index (χ0n) is 5.10. The van der Waals surface area contributed by atoms with Crippen molar-refractivity contribution in [2.24, 2.45) is 0 Å². The van der Waals surface area contributed by atoms with E-state index in [0.29, 0.717) is 0 Å². The molecule has 0 bridgehead atoms. The van der Waals surface area contributed by atoms with Crippen LogP contribution < -0.4 is 4.72 Å². The lowest BCUT2D eigenvalue weighted by Crippen LogP contribution is -2.18. The maximum absolute atomic E-state index is 10.9. The van der Waals surface area contributed by atoms with Gasteiger partial charge in [-0.05, 0) is 18.6 Å². The summed E-state index contributed by atoms with van der Waals surface area (Å²) in [6.07, 6.45) is 0. The molecule has 1 N–H and O–H groups in total. The Morgan fingerprint density at radius 3 is 2.80 bits per heavy atom. The van der Waals surface area contributed by atoms with E-state index < -0.39 is 10.0 Å². The first kappa shape index (κ1) is 7.58. The van der Waals surface area contributed by atoms with E-state index in [9.17, 15) is 8.42 Å². The molecule has 0 saturated heterocycles. The smallest absolute Gasteiger partial charge is 0.213 e. The normalized spacial score (nSPS) is 11.7. The lowest BCUT2D eigenvalue weighted by Gasteiger charge is -1.92.